The maximum absolute atomic E-state index is 13.8. The summed E-state index contributed by atoms with van der Waals surface area (Å²) in [6.45, 7) is 0. The number of nitrogens with zero attached hydrogens (tertiary/aromatic N) is 3. The zero-order valence-corrected chi connectivity index (χ0v) is 36.4. The standard InChI is InChI=1S/C27H19ClN6O13S3.3Na/c28-21-24(31-27(38)32-26(21)37)29-14-7-5-12(6-8-14)25(36)30-17-11-15(48(39,40)41)9-13-10-19(50(45,46)47)22(23(35)20(13)17)34-33-16-3-1-2-4-18(16)49(42,43)44;;;/h1-11,33H,(H,30,36)(H,39,40,41)(H,42,43,44)(H,45,46,47)(H3,29,31,32,37,38);;;/q;3*+1/p-3/b34-22+;;;. The molecule has 0 unspecified atom stereocenters. The molecule has 0 bridgehead atoms. The molecule has 3 aromatic carbocycles. The van der Waals surface area contributed by atoms with Gasteiger partial charge in [0.1, 0.15) is 19.9 Å². The summed E-state index contributed by atoms with van der Waals surface area (Å²) in [4.78, 5) is 30.6. The van der Waals surface area contributed by atoms with Crippen LogP contribution < -0.4 is 115 Å². The van der Waals surface area contributed by atoms with Crippen molar-refractivity contribution in [1.82, 2.24) is 9.97 Å². The number of Topliss-reactive ketones (excluding diaryl/α,β-unsaturated/α-hetero) is 1. The van der Waals surface area contributed by atoms with Gasteiger partial charge < -0.3 is 25.4 Å². The number of carbonyl (C=O) groups excluding carboxylic acids is 2. The summed E-state index contributed by atoms with van der Waals surface area (Å²) in [5, 5.41) is 31.2. The molecule has 0 saturated carbocycles. The summed E-state index contributed by atoms with van der Waals surface area (Å²) in [6.07, 6.45) is 0.588. The molecule has 0 radical (unpaired) electrons. The van der Waals surface area contributed by atoms with Crippen LogP contribution in [-0.4, -0.2) is 66.3 Å². The molecule has 5 N–H and O–H groups in total. The van der Waals surface area contributed by atoms with Gasteiger partial charge in [0.15, 0.2) is 11.5 Å². The summed E-state index contributed by atoms with van der Waals surface area (Å²) in [5.41, 5.74) is -1.10. The molecule has 0 fully saturated rings. The maximum atomic E-state index is 13.8. The summed E-state index contributed by atoms with van der Waals surface area (Å²) >= 11 is 5.83. The fourth-order valence-corrected chi connectivity index (χ4v) is 6.38. The number of ketones is 1. The van der Waals surface area contributed by atoms with Crippen LogP contribution in [-0.2, 0) is 30.4 Å². The van der Waals surface area contributed by atoms with Crippen molar-refractivity contribution < 1.29 is 147 Å². The van der Waals surface area contributed by atoms with Crippen molar-refractivity contribution in [3.63, 3.8) is 0 Å². The van der Waals surface area contributed by atoms with E-state index in [4.69, 9.17) is 11.6 Å². The van der Waals surface area contributed by atoms with Crippen molar-refractivity contribution in [1.29, 1.82) is 0 Å². The Labute approximate surface area is 371 Å². The number of fused-ring (bicyclic) bond motifs is 1. The van der Waals surface area contributed by atoms with Gasteiger partial charge in [-0.3, -0.25) is 29.1 Å². The summed E-state index contributed by atoms with van der Waals surface area (Å²) in [6, 6.07) is 9.66. The number of hydrogen-bond donors (Lipinski definition) is 5. The molecule has 4 aromatic rings. The molecule has 0 aliphatic heterocycles. The van der Waals surface area contributed by atoms with Crippen LogP contribution in [0.25, 0.3) is 6.08 Å². The van der Waals surface area contributed by atoms with Gasteiger partial charge >= 0.3 is 88.7 Å². The van der Waals surface area contributed by atoms with Gasteiger partial charge in [0.05, 0.1) is 32.9 Å². The van der Waals surface area contributed by atoms with Gasteiger partial charge in [-0.25, -0.2) is 13.4 Å². The molecule has 1 aliphatic carbocycles. The number of para-hydroxylation sites is 1. The van der Waals surface area contributed by atoms with Crippen molar-refractivity contribution in [2.45, 2.75) is 9.79 Å². The first-order chi connectivity index (χ1) is 23.2. The number of hydrogen-bond acceptors (Lipinski definition) is 16. The maximum Gasteiger partial charge on any atom is 1.00 e. The Hall–Kier alpha value is -2.49. The molecular formula is C27H16ClN6Na3O13S3. The molecule has 1 aromatic heterocycles. The Balaban J connectivity index is 0.00000324. The fourth-order valence-electron chi connectivity index (χ4n) is 4.42. The first kappa shape index (κ1) is 46.7. The van der Waals surface area contributed by atoms with Gasteiger partial charge in [0.25, 0.3) is 26.1 Å². The van der Waals surface area contributed by atoms with E-state index in [0.717, 1.165) is 12.1 Å². The topological polar surface area (TPSA) is 320 Å². The van der Waals surface area contributed by atoms with E-state index in [-0.39, 0.29) is 106 Å². The van der Waals surface area contributed by atoms with Gasteiger partial charge in [0, 0.05) is 17.1 Å². The SMILES string of the molecule is O=C(Nc1cc(S(=O)(=O)[O-])cc2c1C(=O)/C(=N/Nc1ccccc1S(=O)(=O)O)C(S(=O)(=O)O)=C2)c1ccc(Nc2nc([O-])nc([O-])c2Cl)cc1.[Na+].[Na+].[Na+]. The van der Waals surface area contributed by atoms with Crippen LogP contribution in [0.1, 0.15) is 26.3 Å². The van der Waals surface area contributed by atoms with Crippen LogP contribution in [0.5, 0.6) is 11.9 Å². The van der Waals surface area contributed by atoms with Gasteiger partial charge in [-0.05, 0) is 60.2 Å². The Morgan fingerprint density at radius 3 is 2.06 bits per heavy atom. The number of rotatable bonds is 9. The van der Waals surface area contributed by atoms with Crippen LogP contribution in [0.3, 0.4) is 0 Å². The summed E-state index contributed by atoms with van der Waals surface area (Å²) in [7, 11) is -15.5. The number of benzene rings is 3. The van der Waals surface area contributed by atoms with Crippen LogP contribution in [0, 0.1) is 0 Å². The largest absolute Gasteiger partial charge is 1.00 e. The van der Waals surface area contributed by atoms with E-state index in [1.54, 1.807) is 0 Å². The minimum Gasteiger partial charge on any atom is -0.857 e. The fraction of sp³-hybridized carbons (Fsp3) is 0. The van der Waals surface area contributed by atoms with E-state index < -0.39 is 102 Å². The number of carbonyl (C=O) groups is 2. The second-order valence-electron chi connectivity index (χ2n) is 9.88. The molecule has 19 nitrogen and oxygen atoms in total. The second kappa shape index (κ2) is 18.0. The summed E-state index contributed by atoms with van der Waals surface area (Å²) in [5.74, 6) is -3.70. The van der Waals surface area contributed by atoms with E-state index in [1.165, 1.54) is 36.4 Å². The Bertz CT molecular complexity index is 2520. The third kappa shape index (κ3) is 10.8. The molecule has 0 saturated heterocycles. The van der Waals surface area contributed by atoms with E-state index in [1.807, 2.05) is 0 Å². The molecule has 0 spiro atoms. The van der Waals surface area contributed by atoms with Crippen LogP contribution in [0.15, 0.2) is 80.5 Å². The average Bonchev–Trinajstić information content (AvgIpc) is 3.01. The predicted molar refractivity (Wildman–Crippen MR) is 169 cm³/mol. The van der Waals surface area contributed by atoms with Crippen molar-refractivity contribution in [2.24, 2.45) is 5.10 Å². The number of anilines is 4. The quantitative estimate of drug-likeness (QED) is 0.0594. The first-order valence-corrected chi connectivity index (χ1v) is 17.8. The molecule has 260 valence electrons. The Morgan fingerprint density at radius 2 is 1.47 bits per heavy atom. The van der Waals surface area contributed by atoms with Gasteiger partial charge in [-0.15, -0.1) is 0 Å². The number of allylic oxidation sites excluding steroid dienone is 1. The molecule has 26 heteroatoms. The zero-order valence-electron chi connectivity index (χ0n) is 27.2. The van der Waals surface area contributed by atoms with Crippen molar-refractivity contribution >= 4 is 88.3 Å². The van der Waals surface area contributed by atoms with E-state index >= 15 is 0 Å². The number of amides is 1. The molecule has 0 atom stereocenters. The molecule has 1 heterocycles. The molecule has 53 heavy (non-hydrogen) atoms. The third-order valence-corrected chi connectivity index (χ3v) is 9.52. The van der Waals surface area contributed by atoms with E-state index in [0.29, 0.717) is 18.2 Å². The van der Waals surface area contributed by atoms with Gasteiger partial charge in [-0.1, -0.05) is 23.7 Å². The monoisotopic (exact) mass is 832 g/mol. The number of halogens is 1. The number of aromatic nitrogens is 2. The minimum absolute atomic E-state index is 0. The van der Waals surface area contributed by atoms with Crippen molar-refractivity contribution in [3.05, 3.63) is 87.3 Å². The van der Waals surface area contributed by atoms with Crippen molar-refractivity contribution in [3.8, 4) is 11.9 Å². The van der Waals surface area contributed by atoms with Crippen LogP contribution in [0.2, 0.25) is 5.02 Å². The van der Waals surface area contributed by atoms with E-state index in [9.17, 15) is 58.7 Å². The van der Waals surface area contributed by atoms with Crippen molar-refractivity contribution in [2.75, 3.05) is 16.1 Å². The average molecular weight is 833 g/mol. The van der Waals surface area contributed by atoms with E-state index in [2.05, 4.69) is 31.1 Å². The second-order valence-corrected chi connectivity index (χ2v) is 14.4. The molecule has 5 rings (SSSR count). The van der Waals surface area contributed by atoms with Crippen LogP contribution in [0.4, 0.5) is 22.9 Å². The predicted octanol–water partition coefficient (Wildman–Crippen LogP) is -7.67. The Kier molecular flexibility index (Phi) is 15.8. The first-order valence-electron chi connectivity index (χ1n) is 13.1. The van der Waals surface area contributed by atoms with Crippen LogP contribution >= 0.6 is 11.6 Å². The normalized spacial score (nSPS) is 13.3. The smallest absolute Gasteiger partial charge is 0.857 e. The number of hydrazone groups is 1. The number of nitrogens with one attached hydrogen (secondary N) is 3. The Morgan fingerprint density at radius 1 is 0.849 bits per heavy atom. The van der Waals surface area contributed by atoms with Gasteiger partial charge in [0.2, 0.25) is 5.78 Å². The molecule has 1 aliphatic rings. The third-order valence-electron chi connectivity index (χ3n) is 6.58. The zero-order chi connectivity index (χ0) is 36.8. The minimum atomic E-state index is -5.32. The molecular weight excluding hydrogens is 817 g/mol. The summed E-state index contributed by atoms with van der Waals surface area (Å²) < 4.78 is 103. The van der Waals surface area contributed by atoms with Gasteiger partial charge in [-0.2, -0.15) is 21.9 Å². The molecule has 1 amide bonds.